The summed E-state index contributed by atoms with van der Waals surface area (Å²) in [6, 6.07) is 3.46. The predicted octanol–water partition coefficient (Wildman–Crippen LogP) is 4.80. The van der Waals surface area contributed by atoms with Gasteiger partial charge in [0.15, 0.2) is 0 Å². The minimum Gasteiger partial charge on any atom is -0.349 e. The number of hydrogen-bond donors (Lipinski definition) is 3. The molecule has 5 nitrogen and oxygen atoms in total. The molecule has 31 heavy (non-hydrogen) atoms. The van der Waals surface area contributed by atoms with Gasteiger partial charge in [0.1, 0.15) is 12.0 Å². The van der Waals surface area contributed by atoms with Crippen LogP contribution < -0.4 is 11.1 Å². The van der Waals surface area contributed by atoms with Crippen LogP contribution in [0.5, 0.6) is 0 Å². The number of amides is 1. The number of imidazole rings is 1. The van der Waals surface area contributed by atoms with E-state index in [9.17, 15) is 26.7 Å². The highest BCUT2D eigenvalue weighted by Gasteiger charge is 2.43. The zero-order chi connectivity index (χ0) is 22.9. The van der Waals surface area contributed by atoms with Gasteiger partial charge in [-0.15, -0.1) is 0 Å². The number of benzene rings is 1. The number of alkyl halides is 5. The van der Waals surface area contributed by atoms with Gasteiger partial charge in [0.05, 0.1) is 28.5 Å². The van der Waals surface area contributed by atoms with E-state index < -0.39 is 42.8 Å². The number of aromatic nitrogens is 2. The van der Waals surface area contributed by atoms with E-state index in [0.29, 0.717) is 11.0 Å². The summed E-state index contributed by atoms with van der Waals surface area (Å²) in [6.45, 7) is 2.22. The Labute approximate surface area is 177 Å². The topological polar surface area (TPSA) is 83.8 Å². The van der Waals surface area contributed by atoms with Crippen molar-refractivity contribution < 1.29 is 26.7 Å². The van der Waals surface area contributed by atoms with Crippen molar-refractivity contribution in [3.8, 4) is 0 Å². The van der Waals surface area contributed by atoms with Crippen LogP contribution in [0.4, 0.5) is 22.0 Å². The van der Waals surface area contributed by atoms with Crippen molar-refractivity contribution in [2.45, 2.75) is 70.6 Å². The Morgan fingerprint density at radius 1 is 1.26 bits per heavy atom. The fraction of sp³-hybridized carbons (Fsp3) is 0.619. The summed E-state index contributed by atoms with van der Waals surface area (Å²) < 4.78 is 65.8. The lowest BCUT2D eigenvalue weighted by Crippen LogP contribution is -2.40. The second-order valence-corrected chi connectivity index (χ2v) is 8.76. The molecular weight excluding hydrogens is 419 g/mol. The van der Waals surface area contributed by atoms with E-state index in [-0.39, 0.29) is 24.2 Å². The van der Waals surface area contributed by atoms with Crippen molar-refractivity contribution in [3.05, 3.63) is 29.6 Å². The van der Waals surface area contributed by atoms with Gasteiger partial charge in [0.25, 0.3) is 0 Å². The van der Waals surface area contributed by atoms with Gasteiger partial charge in [-0.1, -0.05) is 19.9 Å². The molecule has 0 bridgehead atoms. The van der Waals surface area contributed by atoms with Gasteiger partial charge in [-0.05, 0) is 36.5 Å². The number of carbonyl (C=O) groups excluding carboxylic acids is 1. The molecule has 1 aromatic heterocycles. The van der Waals surface area contributed by atoms with Gasteiger partial charge in [-0.3, -0.25) is 4.79 Å². The molecule has 1 fully saturated rings. The average molecular weight is 446 g/mol. The molecule has 4 N–H and O–H groups in total. The highest BCUT2D eigenvalue weighted by molar-refractivity contribution is 5.78. The number of nitrogens with two attached hydrogens (primary N) is 1. The highest BCUT2D eigenvalue weighted by Crippen LogP contribution is 2.42. The number of carbonyl (C=O) groups is 1. The zero-order valence-electron chi connectivity index (χ0n) is 17.3. The molecule has 1 heterocycles. The van der Waals surface area contributed by atoms with Crippen molar-refractivity contribution in [2.24, 2.45) is 17.1 Å². The Morgan fingerprint density at radius 2 is 1.94 bits per heavy atom. The molecule has 1 amide bonds. The largest absolute Gasteiger partial charge is 0.349 e. The lowest BCUT2D eigenvalue weighted by molar-refractivity contribution is -0.122. The Hall–Kier alpha value is -2.23. The predicted molar refractivity (Wildman–Crippen MR) is 107 cm³/mol. The van der Waals surface area contributed by atoms with E-state index in [4.69, 9.17) is 5.73 Å². The number of aromatic amines is 1. The van der Waals surface area contributed by atoms with E-state index in [1.54, 1.807) is 18.2 Å². The number of H-pyrrole nitrogens is 1. The Morgan fingerprint density at radius 3 is 2.52 bits per heavy atom. The average Bonchev–Trinajstić information content (AvgIpc) is 3.46. The van der Waals surface area contributed by atoms with Gasteiger partial charge < -0.3 is 16.0 Å². The SMILES string of the molecule is CC(C)(C(F)F)C(F)[C@@H](N)c1nc2ccc([C@H](NC(=O)CCC(F)F)C3CC3)cc2[nH]1. The first-order valence-corrected chi connectivity index (χ1v) is 10.3. The first-order valence-electron chi connectivity index (χ1n) is 10.3. The third-order valence-electron chi connectivity index (χ3n) is 5.79. The van der Waals surface area contributed by atoms with Crippen molar-refractivity contribution in [2.75, 3.05) is 0 Å². The summed E-state index contributed by atoms with van der Waals surface area (Å²) >= 11 is 0. The number of nitrogens with zero attached hydrogens (tertiary/aromatic N) is 1. The maximum atomic E-state index is 14.7. The van der Waals surface area contributed by atoms with Crippen LogP contribution in [0.1, 0.15) is 63.0 Å². The summed E-state index contributed by atoms with van der Waals surface area (Å²) in [4.78, 5) is 19.2. The standard InChI is InChI=1S/C21H27F5N4O/c1-21(2,20(25)26)18(24)16(27)19-28-12-6-5-11(9-13(12)29-19)17(10-3-4-10)30-15(31)8-7-14(22)23/h5-6,9-10,14,16-18,20H,3-4,7-8,27H2,1-2H3,(H,28,29)(H,30,31)/t16-,17-,18?/m1/s1. The lowest BCUT2D eigenvalue weighted by atomic mass is 9.84. The van der Waals surface area contributed by atoms with Crippen molar-refractivity contribution in [3.63, 3.8) is 0 Å². The molecule has 3 rings (SSSR count). The normalized spacial score (nSPS) is 17.9. The first-order chi connectivity index (χ1) is 14.5. The van der Waals surface area contributed by atoms with Gasteiger partial charge in [-0.25, -0.2) is 26.9 Å². The van der Waals surface area contributed by atoms with Crippen molar-refractivity contribution in [1.29, 1.82) is 0 Å². The molecule has 1 aliphatic carbocycles. The number of hydrogen-bond acceptors (Lipinski definition) is 3. The van der Waals surface area contributed by atoms with E-state index in [0.717, 1.165) is 32.3 Å². The monoisotopic (exact) mass is 446 g/mol. The van der Waals surface area contributed by atoms with Gasteiger partial charge in [0, 0.05) is 12.8 Å². The number of rotatable bonds is 10. The van der Waals surface area contributed by atoms with Crippen LogP contribution in [-0.2, 0) is 4.79 Å². The van der Waals surface area contributed by atoms with Crippen LogP contribution in [0.15, 0.2) is 18.2 Å². The minimum atomic E-state index is -2.89. The van der Waals surface area contributed by atoms with E-state index in [1.165, 1.54) is 0 Å². The maximum absolute atomic E-state index is 14.7. The minimum absolute atomic E-state index is 0.0531. The smallest absolute Gasteiger partial charge is 0.246 e. The second kappa shape index (κ2) is 9.10. The summed E-state index contributed by atoms with van der Waals surface area (Å²) in [5.41, 5.74) is 5.71. The molecule has 1 saturated carbocycles. The van der Waals surface area contributed by atoms with Gasteiger partial charge in [0.2, 0.25) is 18.8 Å². The number of halogens is 5. The molecular formula is C21H27F5N4O. The van der Waals surface area contributed by atoms with Crippen LogP contribution >= 0.6 is 0 Å². The summed E-state index contributed by atoms with van der Waals surface area (Å²) in [7, 11) is 0. The first kappa shape index (κ1) is 23.4. The molecule has 0 radical (unpaired) electrons. The summed E-state index contributed by atoms with van der Waals surface area (Å²) in [5, 5.41) is 2.82. The van der Waals surface area contributed by atoms with Crippen molar-refractivity contribution in [1.82, 2.24) is 15.3 Å². The van der Waals surface area contributed by atoms with Crippen LogP contribution in [0.3, 0.4) is 0 Å². The molecule has 2 aromatic rings. The molecule has 172 valence electrons. The van der Waals surface area contributed by atoms with Crippen molar-refractivity contribution >= 4 is 16.9 Å². The Bertz CT molecular complexity index is 912. The van der Waals surface area contributed by atoms with E-state index in [2.05, 4.69) is 15.3 Å². The van der Waals surface area contributed by atoms with Crippen LogP contribution in [0.25, 0.3) is 11.0 Å². The number of nitrogens with one attached hydrogen (secondary N) is 2. The number of fused-ring (bicyclic) bond motifs is 1. The van der Waals surface area contributed by atoms with Gasteiger partial charge >= 0.3 is 0 Å². The van der Waals surface area contributed by atoms with Crippen LogP contribution in [-0.4, -0.2) is 34.9 Å². The third kappa shape index (κ3) is 5.34. The summed E-state index contributed by atoms with van der Waals surface area (Å²) in [5.74, 6) is -0.184. The molecule has 1 aromatic carbocycles. The van der Waals surface area contributed by atoms with Crippen LogP contribution in [0, 0.1) is 11.3 Å². The Balaban J connectivity index is 1.80. The van der Waals surface area contributed by atoms with E-state index >= 15 is 0 Å². The fourth-order valence-corrected chi connectivity index (χ4v) is 3.51. The summed E-state index contributed by atoms with van der Waals surface area (Å²) in [6.07, 6.45) is -6.40. The molecule has 0 spiro atoms. The molecule has 0 aliphatic heterocycles. The van der Waals surface area contributed by atoms with Gasteiger partial charge in [-0.2, -0.15) is 0 Å². The third-order valence-corrected chi connectivity index (χ3v) is 5.79. The Kier molecular flexibility index (Phi) is 6.88. The van der Waals surface area contributed by atoms with Crippen LogP contribution in [0.2, 0.25) is 0 Å². The molecule has 3 atom stereocenters. The highest BCUT2D eigenvalue weighted by atomic mass is 19.3. The zero-order valence-corrected chi connectivity index (χ0v) is 17.3. The quantitative estimate of drug-likeness (QED) is 0.458. The fourth-order valence-electron chi connectivity index (χ4n) is 3.51. The maximum Gasteiger partial charge on any atom is 0.246 e. The molecule has 10 heteroatoms. The molecule has 1 unspecified atom stereocenters. The molecule has 0 saturated heterocycles. The lowest BCUT2D eigenvalue weighted by Gasteiger charge is -2.30. The second-order valence-electron chi connectivity index (χ2n) is 8.76. The van der Waals surface area contributed by atoms with E-state index in [1.807, 2.05) is 0 Å². The molecule has 1 aliphatic rings.